The first-order valence-electron chi connectivity index (χ1n) is 8.61. The number of benzene rings is 1. The molecule has 0 spiro atoms. The smallest absolute Gasteiger partial charge is 0.329 e. The maximum atomic E-state index is 13.1. The van der Waals surface area contributed by atoms with Gasteiger partial charge in [-0.05, 0) is 42.7 Å². The minimum absolute atomic E-state index is 0.0610. The van der Waals surface area contributed by atoms with Crippen LogP contribution in [0.3, 0.4) is 0 Å². The van der Waals surface area contributed by atoms with E-state index in [0.717, 1.165) is 5.56 Å². The van der Waals surface area contributed by atoms with E-state index in [1.54, 1.807) is 18.2 Å². The van der Waals surface area contributed by atoms with Crippen molar-refractivity contribution in [3.8, 4) is 0 Å². The van der Waals surface area contributed by atoms with Crippen LogP contribution >= 0.6 is 0 Å². The predicted molar refractivity (Wildman–Crippen MR) is 97.0 cm³/mol. The van der Waals surface area contributed by atoms with E-state index in [1.807, 2.05) is 13.8 Å². The molecule has 7 nitrogen and oxygen atoms in total. The molecule has 0 radical (unpaired) electrons. The Morgan fingerprint density at radius 2 is 1.81 bits per heavy atom. The Labute approximate surface area is 156 Å². The van der Waals surface area contributed by atoms with Crippen molar-refractivity contribution in [3.05, 3.63) is 53.5 Å². The number of anilines is 1. The lowest BCUT2D eigenvalue weighted by Gasteiger charge is -2.25. The molecule has 1 aliphatic carbocycles. The Balaban J connectivity index is 1.60. The molecule has 2 aromatic rings. The van der Waals surface area contributed by atoms with E-state index in [0.29, 0.717) is 25.2 Å². The van der Waals surface area contributed by atoms with Crippen LogP contribution in [0.25, 0.3) is 0 Å². The van der Waals surface area contributed by atoms with Crippen LogP contribution in [0.4, 0.5) is 10.2 Å². The minimum Gasteiger partial charge on any atom is -0.480 e. The topological polar surface area (TPSA) is 104 Å². The van der Waals surface area contributed by atoms with Crippen LogP contribution in [0.5, 0.6) is 0 Å². The molecule has 1 heterocycles. The fraction of sp³-hybridized carbons (Fsp3) is 0.368. The Bertz CT molecular complexity index is 846. The summed E-state index contributed by atoms with van der Waals surface area (Å²) in [7, 11) is 0. The second-order valence-electron chi connectivity index (χ2n) is 7.39. The van der Waals surface area contributed by atoms with Crippen molar-refractivity contribution in [2.45, 2.75) is 37.6 Å². The largest absolute Gasteiger partial charge is 0.480 e. The first kappa shape index (κ1) is 18.8. The van der Waals surface area contributed by atoms with E-state index in [9.17, 15) is 14.0 Å². The molecular weight excluding hydrogens is 351 g/mol. The number of carboxylic acid groups (broad SMARTS) is 1. The number of rotatable bonds is 7. The zero-order valence-corrected chi connectivity index (χ0v) is 15.1. The molecule has 1 fully saturated rings. The van der Waals surface area contributed by atoms with Crippen LogP contribution in [-0.4, -0.2) is 39.3 Å². The summed E-state index contributed by atoms with van der Waals surface area (Å²) >= 11 is 0. The molecule has 0 aliphatic heterocycles. The van der Waals surface area contributed by atoms with Crippen molar-refractivity contribution in [3.63, 3.8) is 0 Å². The molecule has 27 heavy (non-hydrogen) atoms. The van der Waals surface area contributed by atoms with E-state index in [2.05, 4.69) is 20.8 Å². The molecule has 3 rings (SSSR count). The van der Waals surface area contributed by atoms with Gasteiger partial charge < -0.3 is 15.7 Å². The molecule has 1 aromatic carbocycles. The van der Waals surface area contributed by atoms with Crippen molar-refractivity contribution < 1.29 is 19.1 Å². The van der Waals surface area contributed by atoms with Gasteiger partial charge in [-0.3, -0.25) is 4.79 Å². The summed E-state index contributed by atoms with van der Waals surface area (Å²) in [6.07, 6.45) is 0.833. The number of aliphatic carboxylic acids is 1. The van der Waals surface area contributed by atoms with E-state index < -0.39 is 17.4 Å². The molecule has 1 saturated carbocycles. The van der Waals surface area contributed by atoms with Crippen LogP contribution in [0, 0.1) is 5.82 Å². The highest BCUT2D eigenvalue weighted by atomic mass is 19.1. The number of nitrogens with one attached hydrogen (secondary N) is 2. The van der Waals surface area contributed by atoms with Crippen molar-refractivity contribution in [1.82, 2.24) is 15.5 Å². The maximum absolute atomic E-state index is 13.1. The first-order valence-corrected chi connectivity index (χ1v) is 8.61. The number of nitrogens with zero attached hydrogens (tertiary/aromatic N) is 2. The molecule has 0 atom stereocenters. The highest BCUT2D eigenvalue weighted by Gasteiger charge is 2.51. The van der Waals surface area contributed by atoms with Crippen molar-refractivity contribution >= 4 is 17.7 Å². The Kier molecular flexibility index (Phi) is 4.82. The van der Waals surface area contributed by atoms with Gasteiger partial charge in [-0.1, -0.05) is 26.0 Å². The number of carboxylic acids is 1. The Morgan fingerprint density at radius 1 is 1.15 bits per heavy atom. The van der Waals surface area contributed by atoms with Crippen LogP contribution in [0.15, 0.2) is 36.4 Å². The molecule has 142 valence electrons. The zero-order valence-electron chi connectivity index (χ0n) is 15.1. The van der Waals surface area contributed by atoms with Gasteiger partial charge in [0.2, 0.25) is 0 Å². The van der Waals surface area contributed by atoms with E-state index in [1.165, 1.54) is 18.2 Å². The average molecular weight is 372 g/mol. The summed E-state index contributed by atoms with van der Waals surface area (Å²) in [4.78, 5) is 23.3. The molecule has 3 N–H and O–H groups in total. The maximum Gasteiger partial charge on any atom is 0.329 e. The van der Waals surface area contributed by atoms with Gasteiger partial charge in [-0.2, -0.15) is 0 Å². The molecule has 1 amide bonds. The second-order valence-corrected chi connectivity index (χ2v) is 7.39. The van der Waals surface area contributed by atoms with Gasteiger partial charge in [0, 0.05) is 12.0 Å². The number of carbonyl (C=O) groups excluding carboxylic acids is 1. The zero-order chi connectivity index (χ0) is 19.7. The number of halogens is 1. The molecule has 0 bridgehead atoms. The van der Waals surface area contributed by atoms with E-state index >= 15 is 0 Å². The molecule has 0 saturated heterocycles. The fourth-order valence-corrected chi connectivity index (χ4v) is 2.66. The monoisotopic (exact) mass is 372 g/mol. The number of hydrogen-bond donors (Lipinski definition) is 3. The van der Waals surface area contributed by atoms with E-state index in [4.69, 9.17) is 5.11 Å². The molecule has 1 aliphatic rings. The van der Waals surface area contributed by atoms with Gasteiger partial charge in [-0.25, -0.2) is 9.18 Å². The number of aromatic nitrogens is 2. The van der Waals surface area contributed by atoms with Gasteiger partial charge in [0.25, 0.3) is 5.91 Å². The Hall–Kier alpha value is -3.03. The summed E-state index contributed by atoms with van der Waals surface area (Å²) in [5, 5.41) is 22.6. The van der Waals surface area contributed by atoms with E-state index in [-0.39, 0.29) is 16.9 Å². The van der Waals surface area contributed by atoms with Gasteiger partial charge in [0.05, 0.1) is 0 Å². The fourth-order valence-electron chi connectivity index (χ4n) is 2.66. The molecule has 8 heteroatoms. The third kappa shape index (κ3) is 4.21. The first-order chi connectivity index (χ1) is 12.7. The Morgan fingerprint density at radius 3 is 2.33 bits per heavy atom. The standard InChI is InChI=1S/C19H21FN4O3/c1-18(2,12-3-5-13(20)6-4-12)11-21-15-8-7-14(23-24-15)16(25)22-19(9-10-19)17(26)27/h3-8H,9-11H2,1-2H3,(H,21,24)(H,22,25)(H,26,27). The normalized spacial score (nSPS) is 15.1. The number of carbonyl (C=O) groups is 2. The van der Waals surface area contributed by atoms with Gasteiger partial charge >= 0.3 is 5.97 Å². The molecule has 0 unspecified atom stereocenters. The highest BCUT2D eigenvalue weighted by molar-refractivity contribution is 5.97. The summed E-state index contributed by atoms with van der Waals surface area (Å²) in [5.74, 6) is -1.38. The second kappa shape index (κ2) is 6.94. The number of hydrogen-bond acceptors (Lipinski definition) is 5. The summed E-state index contributed by atoms with van der Waals surface area (Å²) < 4.78 is 13.1. The minimum atomic E-state index is -1.16. The van der Waals surface area contributed by atoms with Crippen molar-refractivity contribution in [2.24, 2.45) is 0 Å². The van der Waals surface area contributed by atoms with Gasteiger partial charge in [-0.15, -0.1) is 10.2 Å². The molecule has 1 aromatic heterocycles. The third-order valence-electron chi connectivity index (χ3n) is 4.75. The lowest BCUT2D eigenvalue weighted by molar-refractivity contribution is -0.140. The van der Waals surface area contributed by atoms with Crippen LogP contribution in [0.1, 0.15) is 42.7 Å². The average Bonchev–Trinajstić information content (AvgIpc) is 3.42. The number of amides is 1. The third-order valence-corrected chi connectivity index (χ3v) is 4.75. The highest BCUT2D eigenvalue weighted by Crippen LogP contribution is 2.35. The van der Waals surface area contributed by atoms with Gasteiger partial charge in [0.15, 0.2) is 5.69 Å². The lowest BCUT2D eigenvalue weighted by Crippen LogP contribution is -2.43. The van der Waals surface area contributed by atoms with Crippen LogP contribution in [-0.2, 0) is 10.2 Å². The predicted octanol–water partition coefficient (Wildman–Crippen LogP) is 2.35. The summed E-state index contributed by atoms with van der Waals surface area (Å²) in [6.45, 7) is 4.56. The van der Waals surface area contributed by atoms with Crippen molar-refractivity contribution in [1.29, 1.82) is 0 Å². The lowest BCUT2D eigenvalue weighted by atomic mass is 9.84. The summed E-state index contributed by atoms with van der Waals surface area (Å²) in [5.41, 5.74) is -0.394. The van der Waals surface area contributed by atoms with Crippen LogP contribution in [0.2, 0.25) is 0 Å². The molecular formula is C19H21FN4O3. The van der Waals surface area contributed by atoms with Gasteiger partial charge in [0.1, 0.15) is 17.2 Å². The SMILES string of the molecule is CC(C)(CNc1ccc(C(=O)NC2(C(=O)O)CC2)nn1)c1ccc(F)cc1. The van der Waals surface area contributed by atoms with Crippen LogP contribution < -0.4 is 10.6 Å². The summed E-state index contributed by atoms with van der Waals surface area (Å²) in [6, 6.07) is 9.44. The quantitative estimate of drug-likeness (QED) is 0.689. The van der Waals surface area contributed by atoms with Crippen molar-refractivity contribution in [2.75, 3.05) is 11.9 Å².